The minimum Gasteiger partial charge on any atom is -0.345 e. The Morgan fingerprint density at radius 3 is 2.20 bits per heavy atom. The SMILES string of the molecule is N#Cc1ccc(CN(CC(F)(F)F)C(=O)CC(NC(=O)c2ccccc2Cl)c2ccccc2)cc1. The van der Waals surface area contributed by atoms with E-state index in [4.69, 9.17) is 16.9 Å². The average molecular weight is 500 g/mol. The third-order valence-electron chi connectivity index (χ3n) is 5.18. The Morgan fingerprint density at radius 2 is 1.60 bits per heavy atom. The zero-order valence-electron chi connectivity index (χ0n) is 18.4. The van der Waals surface area contributed by atoms with Crippen LogP contribution >= 0.6 is 11.6 Å². The molecule has 0 fully saturated rings. The molecule has 0 aromatic heterocycles. The van der Waals surface area contributed by atoms with Crippen molar-refractivity contribution >= 4 is 23.4 Å². The Labute approximate surface area is 205 Å². The van der Waals surface area contributed by atoms with E-state index in [1.807, 2.05) is 6.07 Å². The van der Waals surface area contributed by atoms with Gasteiger partial charge in [-0.2, -0.15) is 18.4 Å². The number of rotatable bonds is 8. The van der Waals surface area contributed by atoms with Crippen LogP contribution in [0.4, 0.5) is 13.2 Å². The molecule has 5 nitrogen and oxygen atoms in total. The highest BCUT2D eigenvalue weighted by atomic mass is 35.5. The summed E-state index contributed by atoms with van der Waals surface area (Å²) in [6.45, 7) is -1.75. The molecule has 1 atom stereocenters. The van der Waals surface area contributed by atoms with Crippen molar-refractivity contribution in [2.45, 2.75) is 25.2 Å². The van der Waals surface area contributed by atoms with Gasteiger partial charge in [-0.05, 0) is 35.4 Å². The normalized spacial score (nSPS) is 11.9. The van der Waals surface area contributed by atoms with Crippen molar-refractivity contribution in [1.29, 1.82) is 5.26 Å². The predicted molar refractivity (Wildman–Crippen MR) is 125 cm³/mol. The molecule has 0 radical (unpaired) electrons. The number of alkyl halides is 3. The Balaban J connectivity index is 1.84. The van der Waals surface area contributed by atoms with E-state index in [0.29, 0.717) is 21.6 Å². The fraction of sp³-hybridized carbons (Fsp3) is 0.192. The first-order valence-corrected chi connectivity index (χ1v) is 11.0. The molecule has 0 heterocycles. The molecule has 9 heteroatoms. The van der Waals surface area contributed by atoms with Crippen LogP contribution in [0.3, 0.4) is 0 Å². The van der Waals surface area contributed by atoms with Crippen LogP contribution < -0.4 is 5.32 Å². The number of carbonyl (C=O) groups excluding carboxylic acids is 2. The number of hydrogen-bond acceptors (Lipinski definition) is 3. The Bertz CT molecular complexity index is 1210. The molecule has 3 aromatic carbocycles. The van der Waals surface area contributed by atoms with Crippen LogP contribution in [-0.4, -0.2) is 29.4 Å². The molecule has 0 saturated heterocycles. The van der Waals surface area contributed by atoms with Gasteiger partial charge in [-0.25, -0.2) is 0 Å². The molecule has 3 rings (SSSR count). The van der Waals surface area contributed by atoms with E-state index in [0.717, 1.165) is 0 Å². The van der Waals surface area contributed by atoms with Gasteiger partial charge < -0.3 is 10.2 Å². The van der Waals surface area contributed by atoms with E-state index >= 15 is 0 Å². The number of benzene rings is 3. The van der Waals surface area contributed by atoms with Crippen LogP contribution in [0.15, 0.2) is 78.9 Å². The van der Waals surface area contributed by atoms with E-state index in [9.17, 15) is 22.8 Å². The maximum atomic E-state index is 13.3. The number of amides is 2. The number of nitriles is 1. The van der Waals surface area contributed by atoms with Gasteiger partial charge in [0.1, 0.15) is 6.54 Å². The molecule has 0 aliphatic heterocycles. The maximum absolute atomic E-state index is 13.3. The van der Waals surface area contributed by atoms with Gasteiger partial charge in [0.15, 0.2) is 0 Å². The third kappa shape index (κ3) is 7.59. The topological polar surface area (TPSA) is 73.2 Å². The molecule has 0 aliphatic carbocycles. The first-order chi connectivity index (χ1) is 16.7. The monoisotopic (exact) mass is 499 g/mol. The summed E-state index contributed by atoms with van der Waals surface area (Å²) in [4.78, 5) is 26.7. The fourth-order valence-electron chi connectivity index (χ4n) is 3.48. The molecular weight excluding hydrogens is 479 g/mol. The van der Waals surface area contributed by atoms with E-state index in [1.165, 1.54) is 30.3 Å². The number of carbonyl (C=O) groups is 2. The van der Waals surface area contributed by atoms with Gasteiger partial charge in [-0.15, -0.1) is 0 Å². The lowest BCUT2D eigenvalue weighted by Crippen LogP contribution is -2.41. The molecule has 3 aromatic rings. The quantitative estimate of drug-likeness (QED) is 0.434. The van der Waals surface area contributed by atoms with Crippen molar-refractivity contribution in [3.05, 3.63) is 106 Å². The summed E-state index contributed by atoms with van der Waals surface area (Å²) < 4.78 is 39.9. The van der Waals surface area contributed by atoms with Crippen molar-refractivity contribution in [2.24, 2.45) is 0 Å². The Kier molecular flexibility index (Phi) is 8.50. The second-order valence-corrected chi connectivity index (χ2v) is 8.20. The molecule has 0 bridgehead atoms. The highest BCUT2D eigenvalue weighted by molar-refractivity contribution is 6.33. The maximum Gasteiger partial charge on any atom is 0.406 e. The van der Waals surface area contributed by atoms with E-state index in [1.54, 1.807) is 48.5 Å². The van der Waals surface area contributed by atoms with Gasteiger partial charge in [0, 0.05) is 6.54 Å². The summed E-state index contributed by atoms with van der Waals surface area (Å²) in [6, 6.07) is 21.9. The molecule has 1 unspecified atom stereocenters. The van der Waals surface area contributed by atoms with Crippen molar-refractivity contribution in [3.8, 4) is 6.07 Å². The highest BCUT2D eigenvalue weighted by Gasteiger charge is 2.34. The molecule has 35 heavy (non-hydrogen) atoms. The van der Waals surface area contributed by atoms with Crippen LogP contribution in [0, 0.1) is 11.3 Å². The van der Waals surface area contributed by atoms with Gasteiger partial charge in [0.25, 0.3) is 5.91 Å². The van der Waals surface area contributed by atoms with Crippen LogP contribution in [0.2, 0.25) is 5.02 Å². The number of nitrogens with one attached hydrogen (secondary N) is 1. The molecule has 0 saturated carbocycles. The predicted octanol–water partition coefficient (Wildman–Crippen LogP) is 5.66. The summed E-state index contributed by atoms with van der Waals surface area (Å²) in [5.74, 6) is -1.34. The summed E-state index contributed by atoms with van der Waals surface area (Å²) in [5, 5.41) is 11.9. The third-order valence-corrected chi connectivity index (χ3v) is 5.51. The van der Waals surface area contributed by atoms with Crippen molar-refractivity contribution in [1.82, 2.24) is 10.2 Å². The number of halogens is 4. The van der Waals surface area contributed by atoms with Crippen molar-refractivity contribution < 1.29 is 22.8 Å². The summed E-state index contributed by atoms with van der Waals surface area (Å²) in [6.07, 6.45) is -5.02. The molecule has 2 amide bonds. The van der Waals surface area contributed by atoms with Gasteiger partial charge in [-0.1, -0.05) is 66.2 Å². The molecule has 0 aliphatic rings. The van der Waals surface area contributed by atoms with Crippen LogP contribution in [0.5, 0.6) is 0 Å². The van der Waals surface area contributed by atoms with Crippen molar-refractivity contribution in [3.63, 3.8) is 0 Å². The van der Waals surface area contributed by atoms with Crippen molar-refractivity contribution in [2.75, 3.05) is 6.54 Å². The van der Waals surface area contributed by atoms with Gasteiger partial charge in [0.05, 0.1) is 34.7 Å². The van der Waals surface area contributed by atoms with Gasteiger partial charge >= 0.3 is 6.18 Å². The molecule has 1 N–H and O–H groups in total. The second-order valence-electron chi connectivity index (χ2n) is 7.79. The Morgan fingerprint density at radius 1 is 0.971 bits per heavy atom. The summed E-state index contributed by atoms with van der Waals surface area (Å²) in [5.41, 5.74) is 1.55. The van der Waals surface area contributed by atoms with E-state index in [2.05, 4.69) is 5.32 Å². The second kappa shape index (κ2) is 11.5. The average Bonchev–Trinajstić information content (AvgIpc) is 2.83. The largest absolute Gasteiger partial charge is 0.406 e. The smallest absolute Gasteiger partial charge is 0.345 e. The zero-order valence-corrected chi connectivity index (χ0v) is 19.2. The molecule has 180 valence electrons. The highest BCUT2D eigenvalue weighted by Crippen LogP contribution is 2.24. The van der Waals surface area contributed by atoms with E-state index in [-0.39, 0.29) is 17.1 Å². The van der Waals surface area contributed by atoms with Crippen LogP contribution in [0.1, 0.15) is 39.5 Å². The lowest BCUT2D eigenvalue weighted by molar-refractivity contribution is -0.162. The number of hydrogen-bond donors (Lipinski definition) is 1. The lowest BCUT2D eigenvalue weighted by atomic mass is 10.0. The molecule has 0 spiro atoms. The van der Waals surface area contributed by atoms with Crippen LogP contribution in [0.25, 0.3) is 0 Å². The van der Waals surface area contributed by atoms with E-state index < -0.39 is 37.0 Å². The minimum atomic E-state index is -4.62. The zero-order chi connectivity index (χ0) is 25.4. The number of nitrogens with zero attached hydrogens (tertiary/aromatic N) is 2. The van der Waals surface area contributed by atoms with Crippen LogP contribution in [-0.2, 0) is 11.3 Å². The fourth-order valence-corrected chi connectivity index (χ4v) is 3.70. The first-order valence-electron chi connectivity index (χ1n) is 10.6. The summed E-state index contributed by atoms with van der Waals surface area (Å²) in [7, 11) is 0. The standard InChI is InChI=1S/C26H21ClF3N3O2/c27-22-9-5-4-8-21(22)25(35)32-23(20-6-2-1-3-7-20)14-24(34)33(17-26(28,29)30)16-19-12-10-18(15-31)11-13-19/h1-13,23H,14,16-17H2,(H,32,35). The summed E-state index contributed by atoms with van der Waals surface area (Å²) >= 11 is 6.11. The lowest BCUT2D eigenvalue weighted by Gasteiger charge is -2.27. The van der Waals surface area contributed by atoms with Gasteiger partial charge in [0.2, 0.25) is 5.91 Å². The first kappa shape index (κ1) is 25.8. The Hall–Kier alpha value is -3.83. The minimum absolute atomic E-state index is 0.187. The molecular formula is C26H21ClF3N3O2. The van der Waals surface area contributed by atoms with Gasteiger partial charge in [-0.3, -0.25) is 9.59 Å².